The summed E-state index contributed by atoms with van der Waals surface area (Å²) in [5.74, 6) is 0. The fourth-order valence-corrected chi connectivity index (χ4v) is 3.82. The van der Waals surface area contributed by atoms with Crippen molar-refractivity contribution in [2.75, 3.05) is 24.8 Å². The van der Waals surface area contributed by atoms with Crippen LogP contribution in [0.25, 0.3) is 0 Å². The maximum atomic E-state index is 13.1. The summed E-state index contributed by atoms with van der Waals surface area (Å²) in [6.45, 7) is 14.8. The SMILES string of the molecule is CC=CCCN1CN(c2snc(CC)c2C)C(=O)N(C(C)(C)C)C1. The van der Waals surface area contributed by atoms with Gasteiger partial charge in [-0.2, -0.15) is 4.37 Å². The predicted molar refractivity (Wildman–Crippen MR) is 102 cm³/mol. The molecule has 1 aliphatic heterocycles. The number of amides is 2. The first kappa shape index (κ1) is 18.9. The maximum absolute atomic E-state index is 13.1. The smallest absolute Gasteiger partial charge is 0.306 e. The third-order valence-electron chi connectivity index (χ3n) is 4.38. The molecule has 1 aromatic heterocycles. The molecule has 0 aliphatic carbocycles. The average Bonchev–Trinajstić information content (AvgIpc) is 2.88. The summed E-state index contributed by atoms with van der Waals surface area (Å²) >= 11 is 1.44. The molecule has 0 saturated carbocycles. The second-order valence-corrected chi connectivity index (χ2v) is 8.01. The van der Waals surface area contributed by atoms with Crippen molar-refractivity contribution in [1.29, 1.82) is 0 Å². The molecule has 2 heterocycles. The monoisotopic (exact) mass is 350 g/mol. The van der Waals surface area contributed by atoms with Gasteiger partial charge in [0.25, 0.3) is 0 Å². The molecule has 0 radical (unpaired) electrons. The first-order valence-corrected chi connectivity index (χ1v) is 9.44. The molecular weight excluding hydrogens is 320 g/mol. The van der Waals surface area contributed by atoms with Crippen LogP contribution >= 0.6 is 11.5 Å². The van der Waals surface area contributed by atoms with Crippen molar-refractivity contribution in [2.24, 2.45) is 0 Å². The molecular formula is C18H30N4OS. The van der Waals surface area contributed by atoms with Crippen molar-refractivity contribution in [3.05, 3.63) is 23.4 Å². The zero-order valence-corrected chi connectivity index (χ0v) is 16.6. The molecule has 0 bridgehead atoms. The summed E-state index contributed by atoms with van der Waals surface area (Å²) in [6.07, 6.45) is 6.15. The number of hydrogen-bond acceptors (Lipinski definition) is 4. The predicted octanol–water partition coefficient (Wildman–Crippen LogP) is 4.24. The van der Waals surface area contributed by atoms with Gasteiger partial charge in [-0.15, -0.1) is 0 Å². The largest absolute Gasteiger partial charge is 0.327 e. The minimum absolute atomic E-state index is 0.0826. The summed E-state index contributed by atoms with van der Waals surface area (Å²) < 4.78 is 4.53. The number of urea groups is 1. The van der Waals surface area contributed by atoms with Gasteiger partial charge in [0.1, 0.15) is 5.00 Å². The molecule has 134 valence electrons. The fraction of sp³-hybridized carbons (Fsp3) is 0.667. The molecule has 1 saturated heterocycles. The number of rotatable bonds is 5. The molecule has 1 aliphatic rings. The van der Waals surface area contributed by atoms with Crippen LogP contribution in [0.2, 0.25) is 0 Å². The van der Waals surface area contributed by atoms with Crippen molar-refractivity contribution >= 4 is 22.6 Å². The van der Waals surface area contributed by atoms with E-state index in [1.807, 2.05) is 16.7 Å². The van der Waals surface area contributed by atoms with E-state index in [0.717, 1.165) is 35.6 Å². The van der Waals surface area contributed by atoms with Gasteiger partial charge < -0.3 is 4.90 Å². The molecule has 0 aromatic carbocycles. The molecule has 0 unspecified atom stereocenters. The van der Waals surface area contributed by atoms with Crippen molar-refractivity contribution < 1.29 is 4.79 Å². The second-order valence-electron chi connectivity index (χ2n) is 7.26. The third-order valence-corrected chi connectivity index (χ3v) is 5.39. The van der Waals surface area contributed by atoms with Crippen LogP contribution in [0.1, 0.15) is 52.3 Å². The fourth-order valence-electron chi connectivity index (χ4n) is 2.87. The van der Waals surface area contributed by atoms with E-state index in [4.69, 9.17) is 0 Å². The quantitative estimate of drug-likeness (QED) is 0.746. The number of aryl methyl sites for hydroxylation is 1. The zero-order chi connectivity index (χ0) is 17.9. The summed E-state index contributed by atoms with van der Waals surface area (Å²) in [5.41, 5.74) is 2.02. The topological polar surface area (TPSA) is 39.7 Å². The van der Waals surface area contributed by atoms with Crippen LogP contribution in [0.5, 0.6) is 0 Å². The minimum atomic E-state index is -0.208. The Morgan fingerprint density at radius 3 is 2.54 bits per heavy atom. The number of anilines is 1. The van der Waals surface area contributed by atoms with Gasteiger partial charge in [0, 0.05) is 17.6 Å². The van der Waals surface area contributed by atoms with E-state index in [0.29, 0.717) is 13.3 Å². The Labute approximate surface area is 150 Å². The van der Waals surface area contributed by atoms with Gasteiger partial charge in [0.2, 0.25) is 0 Å². The number of allylic oxidation sites excluding steroid dienone is 1. The summed E-state index contributed by atoms with van der Waals surface area (Å²) in [5, 5.41) is 0.988. The van der Waals surface area contributed by atoms with Crippen LogP contribution in [-0.4, -0.2) is 45.6 Å². The van der Waals surface area contributed by atoms with E-state index in [9.17, 15) is 4.79 Å². The highest BCUT2D eigenvalue weighted by Gasteiger charge is 2.38. The molecule has 1 fully saturated rings. The van der Waals surface area contributed by atoms with Gasteiger partial charge in [-0.05, 0) is 59.0 Å². The average molecular weight is 351 g/mol. The molecule has 2 amide bonds. The van der Waals surface area contributed by atoms with E-state index in [-0.39, 0.29) is 11.6 Å². The van der Waals surface area contributed by atoms with Gasteiger partial charge in [-0.25, -0.2) is 4.79 Å². The van der Waals surface area contributed by atoms with Crippen LogP contribution in [0.15, 0.2) is 12.2 Å². The number of carbonyl (C=O) groups excluding carboxylic acids is 1. The van der Waals surface area contributed by atoms with Crippen LogP contribution in [0.4, 0.5) is 9.80 Å². The highest BCUT2D eigenvalue weighted by molar-refractivity contribution is 7.10. The lowest BCUT2D eigenvalue weighted by Gasteiger charge is -2.47. The third kappa shape index (κ3) is 3.98. The number of carbonyl (C=O) groups is 1. The normalized spacial score (nSPS) is 17.3. The van der Waals surface area contributed by atoms with Crippen LogP contribution in [-0.2, 0) is 6.42 Å². The van der Waals surface area contributed by atoms with Crippen molar-refractivity contribution in [2.45, 2.75) is 59.9 Å². The molecule has 2 rings (SSSR count). The number of hydrogen-bond donors (Lipinski definition) is 0. The molecule has 0 spiro atoms. The highest BCUT2D eigenvalue weighted by Crippen LogP contribution is 2.32. The lowest BCUT2D eigenvalue weighted by Crippen LogP contribution is -2.63. The van der Waals surface area contributed by atoms with Gasteiger partial charge in [-0.1, -0.05) is 19.1 Å². The van der Waals surface area contributed by atoms with Gasteiger partial charge in [0.15, 0.2) is 0 Å². The van der Waals surface area contributed by atoms with E-state index in [1.54, 1.807) is 0 Å². The molecule has 0 N–H and O–H groups in total. The van der Waals surface area contributed by atoms with E-state index < -0.39 is 0 Å². The van der Waals surface area contributed by atoms with Gasteiger partial charge in [-0.3, -0.25) is 9.80 Å². The Morgan fingerprint density at radius 2 is 2.00 bits per heavy atom. The minimum Gasteiger partial charge on any atom is -0.306 e. The van der Waals surface area contributed by atoms with Crippen LogP contribution in [0, 0.1) is 6.92 Å². The Bertz CT molecular complexity index is 603. The Balaban J connectivity index is 2.29. The van der Waals surface area contributed by atoms with E-state index in [1.165, 1.54) is 11.5 Å². The maximum Gasteiger partial charge on any atom is 0.327 e. The van der Waals surface area contributed by atoms with Crippen molar-refractivity contribution in [1.82, 2.24) is 14.2 Å². The summed E-state index contributed by atoms with van der Waals surface area (Å²) in [4.78, 5) is 19.3. The molecule has 1 aromatic rings. The Kier molecular flexibility index (Phi) is 6.04. The van der Waals surface area contributed by atoms with Crippen molar-refractivity contribution in [3.63, 3.8) is 0 Å². The molecule has 6 heteroatoms. The lowest BCUT2D eigenvalue weighted by atomic mass is 10.1. The Hall–Kier alpha value is -1.40. The molecule has 24 heavy (non-hydrogen) atoms. The summed E-state index contributed by atoms with van der Waals surface area (Å²) in [7, 11) is 0. The van der Waals surface area contributed by atoms with Crippen LogP contribution in [0.3, 0.4) is 0 Å². The number of aromatic nitrogens is 1. The van der Waals surface area contributed by atoms with E-state index >= 15 is 0 Å². The lowest BCUT2D eigenvalue weighted by molar-refractivity contribution is 0.0646. The first-order chi connectivity index (χ1) is 11.3. The first-order valence-electron chi connectivity index (χ1n) is 8.67. The highest BCUT2D eigenvalue weighted by atomic mass is 32.1. The Morgan fingerprint density at radius 1 is 1.29 bits per heavy atom. The zero-order valence-electron chi connectivity index (χ0n) is 15.8. The second kappa shape index (κ2) is 7.66. The standard InChI is InChI=1S/C18H30N4OS/c1-7-9-10-11-20-12-21(16-14(3)15(8-2)19-24-16)17(23)22(13-20)18(4,5)6/h7,9H,8,10-13H2,1-6H3. The van der Waals surface area contributed by atoms with Crippen LogP contribution < -0.4 is 4.90 Å². The van der Waals surface area contributed by atoms with Gasteiger partial charge in [0.05, 0.1) is 19.0 Å². The number of nitrogens with zero attached hydrogens (tertiary/aromatic N) is 4. The van der Waals surface area contributed by atoms with Crippen molar-refractivity contribution in [3.8, 4) is 0 Å². The summed E-state index contributed by atoms with van der Waals surface area (Å²) in [6, 6.07) is 0.0826. The molecule has 0 atom stereocenters. The van der Waals surface area contributed by atoms with Gasteiger partial charge >= 0.3 is 6.03 Å². The molecule has 5 nitrogen and oxygen atoms in total. The van der Waals surface area contributed by atoms with E-state index in [2.05, 4.69) is 56.0 Å².